The third kappa shape index (κ3) is 4.68. The van der Waals surface area contributed by atoms with Crippen molar-refractivity contribution in [1.29, 1.82) is 0 Å². The molecule has 0 unspecified atom stereocenters. The van der Waals surface area contributed by atoms with E-state index in [1.54, 1.807) is 32.4 Å². The Morgan fingerprint density at radius 2 is 1.81 bits per heavy atom. The number of hydrogen-bond acceptors (Lipinski definition) is 4. The highest BCUT2D eigenvalue weighted by Gasteiger charge is 2.29. The summed E-state index contributed by atoms with van der Waals surface area (Å²) in [5, 5.41) is 0. The molecule has 2 rings (SSSR count). The molecule has 1 heterocycles. The van der Waals surface area contributed by atoms with Gasteiger partial charge in [-0.05, 0) is 37.5 Å². The number of benzene rings is 1. The summed E-state index contributed by atoms with van der Waals surface area (Å²) in [6.07, 6.45) is 3.54. The van der Waals surface area contributed by atoms with Gasteiger partial charge in [0.25, 0.3) is 5.91 Å². The number of carbonyl (C=O) groups excluding carboxylic acids is 2. The molecule has 0 aliphatic carbocycles. The molecule has 0 radical (unpaired) electrons. The summed E-state index contributed by atoms with van der Waals surface area (Å²) < 4.78 is 10.5. The van der Waals surface area contributed by atoms with E-state index in [9.17, 15) is 9.59 Å². The number of carbonyl (C=O) groups is 2. The van der Waals surface area contributed by atoms with Gasteiger partial charge >= 0.3 is 0 Å². The lowest BCUT2D eigenvalue weighted by Crippen LogP contribution is -2.43. The van der Waals surface area contributed by atoms with E-state index < -0.39 is 0 Å². The van der Waals surface area contributed by atoms with Crippen molar-refractivity contribution in [1.82, 2.24) is 9.80 Å². The van der Waals surface area contributed by atoms with Crippen molar-refractivity contribution in [3.63, 3.8) is 0 Å². The highest BCUT2D eigenvalue weighted by atomic mass is 16.5. The normalized spacial score (nSPS) is 14.8. The standard InChI is InChI=1S/C20H30N2O4/c1-5-6-11-21(2)19(23)15-9-12-22(13-10-15)20(24)16-7-8-17(25-3)18(14-16)26-4/h7-8,14-15H,5-6,9-13H2,1-4H3. The van der Waals surface area contributed by atoms with Crippen molar-refractivity contribution in [2.75, 3.05) is 40.9 Å². The minimum atomic E-state index is -0.0313. The predicted octanol–water partition coefficient (Wildman–Crippen LogP) is 2.81. The molecule has 1 saturated heterocycles. The molecule has 0 spiro atoms. The SMILES string of the molecule is CCCCN(C)C(=O)C1CCN(C(=O)c2ccc(OC)c(OC)c2)CC1. The second-order valence-corrected chi connectivity index (χ2v) is 6.75. The number of unbranched alkanes of at least 4 members (excludes halogenated alkanes) is 1. The lowest BCUT2D eigenvalue weighted by molar-refractivity contribution is -0.135. The third-order valence-corrected chi connectivity index (χ3v) is 4.99. The van der Waals surface area contributed by atoms with Crippen LogP contribution < -0.4 is 9.47 Å². The van der Waals surface area contributed by atoms with Crippen LogP contribution in [0.3, 0.4) is 0 Å². The van der Waals surface area contributed by atoms with Gasteiger partial charge in [-0.2, -0.15) is 0 Å². The Labute approximate surface area is 156 Å². The first-order valence-electron chi connectivity index (χ1n) is 9.28. The summed E-state index contributed by atoms with van der Waals surface area (Å²) in [6, 6.07) is 5.20. The van der Waals surface area contributed by atoms with Crippen LogP contribution in [0.4, 0.5) is 0 Å². The molecule has 26 heavy (non-hydrogen) atoms. The van der Waals surface area contributed by atoms with Gasteiger partial charge < -0.3 is 19.3 Å². The zero-order valence-corrected chi connectivity index (χ0v) is 16.3. The molecule has 6 nitrogen and oxygen atoms in total. The molecule has 2 amide bonds. The van der Waals surface area contributed by atoms with E-state index in [2.05, 4.69) is 6.92 Å². The van der Waals surface area contributed by atoms with E-state index in [4.69, 9.17) is 9.47 Å². The van der Waals surface area contributed by atoms with Crippen molar-refractivity contribution >= 4 is 11.8 Å². The molecule has 1 aromatic rings. The minimum Gasteiger partial charge on any atom is -0.493 e. The van der Waals surface area contributed by atoms with Gasteiger partial charge in [0.05, 0.1) is 14.2 Å². The molecule has 1 fully saturated rings. The molecule has 1 aromatic carbocycles. The number of likely N-dealkylation sites (tertiary alicyclic amines) is 1. The van der Waals surface area contributed by atoms with Gasteiger partial charge in [-0.1, -0.05) is 13.3 Å². The first kappa shape index (κ1) is 20.1. The van der Waals surface area contributed by atoms with Crippen molar-refractivity contribution in [3.8, 4) is 11.5 Å². The number of ether oxygens (including phenoxy) is 2. The van der Waals surface area contributed by atoms with Crippen molar-refractivity contribution < 1.29 is 19.1 Å². The average molecular weight is 362 g/mol. The molecule has 1 aliphatic rings. The number of methoxy groups -OCH3 is 2. The molecule has 0 bridgehead atoms. The third-order valence-electron chi connectivity index (χ3n) is 4.99. The molecule has 0 aromatic heterocycles. The van der Waals surface area contributed by atoms with Crippen LogP contribution in [0.5, 0.6) is 11.5 Å². The number of rotatable bonds is 7. The van der Waals surface area contributed by atoms with E-state index in [1.807, 2.05) is 16.8 Å². The first-order chi connectivity index (χ1) is 12.5. The monoisotopic (exact) mass is 362 g/mol. The zero-order chi connectivity index (χ0) is 19.1. The van der Waals surface area contributed by atoms with Gasteiger partial charge in [0, 0.05) is 38.2 Å². The summed E-state index contributed by atoms with van der Waals surface area (Å²) in [5.74, 6) is 1.34. The van der Waals surface area contributed by atoms with E-state index in [1.165, 1.54) is 0 Å². The van der Waals surface area contributed by atoms with E-state index in [0.717, 1.165) is 19.4 Å². The smallest absolute Gasteiger partial charge is 0.253 e. The number of hydrogen-bond donors (Lipinski definition) is 0. The van der Waals surface area contributed by atoms with Crippen LogP contribution in [-0.4, -0.2) is 62.5 Å². The largest absolute Gasteiger partial charge is 0.493 e. The van der Waals surface area contributed by atoms with Crippen LogP contribution in [0.2, 0.25) is 0 Å². The fourth-order valence-corrected chi connectivity index (χ4v) is 3.30. The molecule has 0 atom stereocenters. The van der Waals surface area contributed by atoms with Crippen LogP contribution in [-0.2, 0) is 4.79 Å². The Kier molecular flexibility index (Phi) is 7.30. The minimum absolute atomic E-state index is 0.0197. The van der Waals surface area contributed by atoms with Crippen LogP contribution >= 0.6 is 0 Å². The Morgan fingerprint density at radius 3 is 2.38 bits per heavy atom. The maximum atomic E-state index is 12.8. The van der Waals surface area contributed by atoms with Gasteiger partial charge in [-0.25, -0.2) is 0 Å². The molecule has 144 valence electrons. The first-order valence-corrected chi connectivity index (χ1v) is 9.28. The highest BCUT2D eigenvalue weighted by Crippen LogP contribution is 2.29. The van der Waals surface area contributed by atoms with Crippen molar-refractivity contribution in [2.45, 2.75) is 32.6 Å². The van der Waals surface area contributed by atoms with Gasteiger partial charge in [-0.15, -0.1) is 0 Å². The van der Waals surface area contributed by atoms with Crippen LogP contribution in [0.1, 0.15) is 43.0 Å². The van der Waals surface area contributed by atoms with Gasteiger partial charge in [0.15, 0.2) is 11.5 Å². The maximum absolute atomic E-state index is 12.8. The van der Waals surface area contributed by atoms with Crippen LogP contribution in [0, 0.1) is 5.92 Å². The maximum Gasteiger partial charge on any atom is 0.253 e. The summed E-state index contributed by atoms with van der Waals surface area (Å²) >= 11 is 0. The zero-order valence-electron chi connectivity index (χ0n) is 16.3. The van der Waals surface area contributed by atoms with Gasteiger partial charge in [0.2, 0.25) is 5.91 Å². The van der Waals surface area contributed by atoms with E-state index in [-0.39, 0.29) is 17.7 Å². The van der Waals surface area contributed by atoms with E-state index >= 15 is 0 Å². The fourth-order valence-electron chi connectivity index (χ4n) is 3.30. The molecule has 0 N–H and O–H groups in total. The van der Waals surface area contributed by atoms with Gasteiger partial charge in [0.1, 0.15) is 0 Å². The Balaban J connectivity index is 1.95. The number of nitrogens with zero attached hydrogens (tertiary/aromatic N) is 2. The fraction of sp³-hybridized carbons (Fsp3) is 0.600. The second kappa shape index (κ2) is 9.46. The molecular formula is C20H30N2O4. The summed E-state index contributed by atoms with van der Waals surface area (Å²) in [7, 11) is 5.00. The average Bonchev–Trinajstić information content (AvgIpc) is 2.70. The highest BCUT2D eigenvalue weighted by molar-refractivity contribution is 5.95. The summed E-state index contributed by atoms with van der Waals surface area (Å²) in [4.78, 5) is 28.9. The number of amides is 2. The topological polar surface area (TPSA) is 59.1 Å². The lowest BCUT2D eigenvalue weighted by atomic mass is 9.94. The Morgan fingerprint density at radius 1 is 1.15 bits per heavy atom. The molecule has 0 saturated carbocycles. The Bertz CT molecular complexity index is 624. The predicted molar refractivity (Wildman–Crippen MR) is 101 cm³/mol. The molecule has 6 heteroatoms. The summed E-state index contributed by atoms with van der Waals surface area (Å²) in [5.41, 5.74) is 0.576. The van der Waals surface area contributed by atoms with Crippen LogP contribution in [0.15, 0.2) is 18.2 Å². The quantitative estimate of drug-likeness (QED) is 0.748. The lowest BCUT2D eigenvalue weighted by Gasteiger charge is -2.33. The Hall–Kier alpha value is -2.24. The second-order valence-electron chi connectivity index (χ2n) is 6.75. The van der Waals surface area contributed by atoms with Crippen molar-refractivity contribution in [2.24, 2.45) is 5.92 Å². The molecule has 1 aliphatic heterocycles. The van der Waals surface area contributed by atoms with Crippen LogP contribution in [0.25, 0.3) is 0 Å². The molecular weight excluding hydrogens is 332 g/mol. The van der Waals surface area contributed by atoms with Crippen molar-refractivity contribution in [3.05, 3.63) is 23.8 Å². The summed E-state index contributed by atoms with van der Waals surface area (Å²) in [6.45, 7) is 4.13. The van der Waals surface area contributed by atoms with E-state index in [0.29, 0.717) is 43.0 Å². The number of piperidine rings is 1. The van der Waals surface area contributed by atoms with Gasteiger partial charge in [-0.3, -0.25) is 9.59 Å².